The van der Waals surface area contributed by atoms with Gasteiger partial charge in [-0.15, -0.1) is 0 Å². The van der Waals surface area contributed by atoms with Crippen LogP contribution in [0.1, 0.15) is 34.8 Å². The molecular weight excluding hydrogens is 491 g/mol. The Balaban J connectivity index is 1.63. The van der Waals surface area contributed by atoms with Crippen LogP contribution in [-0.2, 0) is 4.79 Å². The molecule has 0 aromatic heterocycles. The van der Waals surface area contributed by atoms with E-state index in [0.29, 0.717) is 39.1 Å². The molecule has 3 aromatic carbocycles. The number of esters is 1. The van der Waals surface area contributed by atoms with Crippen LogP contribution in [0.5, 0.6) is 17.2 Å². The quantitative estimate of drug-likeness (QED) is 0.168. The van der Waals surface area contributed by atoms with E-state index in [-0.39, 0.29) is 5.75 Å². The summed E-state index contributed by atoms with van der Waals surface area (Å²) in [6, 6.07) is 16.7. The molecule has 3 rings (SSSR count). The molecule has 35 heavy (non-hydrogen) atoms. The van der Waals surface area contributed by atoms with E-state index in [4.69, 9.17) is 37.4 Å². The molecule has 0 spiro atoms. The van der Waals surface area contributed by atoms with Gasteiger partial charge >= 0.3 is 5.97 Å². The Kier molecular flexibility index (Phi) is 9.11. The van der Waals surface area contributed by atoms with Crippen molar-refractivity contribution in [1.82, 2.24) is 5.43 Å². The van der Waals surface area contributed by atoms with Gasteiger partial charge in [0, 0.05) is 5.02 Å². The number of hydrogen-bond donors (Lipinski definition) is 1. The van der Waals surface area contributed by atoms with Crippen molar-refractivity contribution in [3.63, 3.8) is 0 Å². The molecule has 0 radical (unpaired) electrons. The zero-order valence-electron chi connectivity index (χ0n) is 19.4. The number of nitrogens with zero attached hydrogens (tertiary/aromatic N) is 1. The number of ether oxygens (including phenoxy) is 3. The Bertz CT molecular complexity index is 1230. The third kappa shape index (κ3) is 7.21. The van der Waals surface area contributed by atoms with E-state index in [1.165, 1.54) is 19.4 Å². The lowest BCUT2D eigenvalue weighted by Crippen LogP contribution is -2.35. The number of hydrogen-bond acceptors (Lipinski definition) is 6. The van der Waals surface area contributed by atoms with Gasteiger partial charge in [0.15, 0.2) is 17.6 Å². The van der Waals surface area contributed by atoms with Crippen molar-refractivity contribution in [3.8, 4) is 17.2 Å². The van der Waals surface area contributed by atoms with Crippen LogP contribution in [0.3, 0.4) is 0 Å². The van der Waals surface area contributed by atoms with Gasteiger partial charge in [-0.1, -0.05) is 47.8 Å². The van der Waals surface area contributed by atoms with Gasteiger partial charge in [-0.2, -0.15) is 5.10 Å². The number of benzene rings is 3. The summed E-state index contributed by atoms with van der Waals surface area (Å²) >= 11 is 12.0. The predicted octanol–water partition coefficient (Wildman–Crippen LogP) is 5.84. The van der Waals surface area contributed by atoms with E-state index in [0.717, 1.165) is 5.56 Å². The van der Waals surface area contributed by atoms with E-state index in [1.807, 2.05) is 19.1 Å². The summed E-state index contributed by atoms with van der Waals surface area (Å²) < 4.78 is 16.5. The summed E-state index contributed by atoms with van der Waals surface area (Å²) in [6.45, 7) is 3.74. The molecule has 0 aliphatic rings. The van der Waals surface area contributed by atoms with Crippen molar-refractivity contribution in [2.45, 2.75) is 26.4 Å². The van der Waals surface area contributed by atoms with E-state index >= 15 is 0 Å². The maximum Gasteiger partial charge on any atom is 0.343 e. The van der Waals surface area contributed by atoms with Crippen LogP contribution in [0.25, 0.3) is 0 Å². The second kappa shape index (κ2) is 12.2. The third-order valence-electron chi connectivity index (χ3n) is 4.89. The van der Waals surface area contributed by atoms with Gasteiger partial charge in [0.25, 0.3) is 5.91 Å². The lowest BCUT2D eigenvalue weighted by molar-refractivity contribution is -0.128. The fourth-order valence-corrected chi connectivity index (χ4v) is 3.44. The van der Waals surface area contributed by atoms with Crippen molar-refractivity contribution in [3.05, 3.63) is 87.4 Å². The van der Waals surface area contributed by atoms with Crippen LogP contribution in [-0.4, -0.2) is 31.3 Å². The van der Waals surface area contributed by atoms with E-state index in [1.54, 1.807) is 49.4 Å². The summed E-state index contributed by atoms with van der Waals surface area (Å²) in [7, 11) is 1.46. The first-order valence-corrected chi connectivity index (χ1v) is 11.5. The van der Waals surface area contributed by atoms with Crippen LogP contribution >= 0.6 is 23.2 Å². The SMILES string of the molecule is CC[C@@H](Oc1ccc(Cl)cc1Cl)C(=O)N/N=C\c1ccc(OC(=O)c2ccc(C)cc2)c(OC)c1. The number of nitrogens with one attached hydrogen (secondary N) is 1. The molecule has 1 atom stereocenters. The van der Waals surface area contributed by atoms with Gasteiger partial charge < -0.3 is 14.2 Å². The zero-order chi connectivity index (χ0) is 25.4. The maximum absolute atomic E-state index is 12.5. The highest BCUT2D eigenvalue weighted by Gasteiger charge is 2.19. The van der Waals surface area contributed by atoms with Crippen molar-refractivity contribution < 1.29 is 23.8 Å². The highest BCUT2D eigenvalue weighted by atomic mass is 35.5. The summed E-state index contributed by atoms with van der Waals surface area (Å²) in [4.78, 5) is 24.9. The average molecular weight is 515 g/mol. The second-order valence-corrected chi connectivity index (χ2v) is 8.33. The summed E-state index contributed by atoms with van der Waals surface area (Å²) in [6.07, 6.45) is 1.03. The number of methoxy groups -OCH3 is 1. The molecule has 0 bridgehead atoms. The maximum atomic E-state index is 12.5. The van der Waals surface area contributed by atoms with Crippen LogP contribution in [0, 0.1) is 6.92 Å². The molecular formula is C26H24Cl2N2O5. The second-order valence-electron chi connectivity index (χ2n) is 7.49. The Morgan fingerprint density at radius 1 is 1.00 bits per heavy atom. The smallest absolute Gasteiger partial charge is 0.343 e. The predicted molar refractivity (Wildman–Crippen MR) is 136 cm³/mol. The van der Waals surface area contributed by atoms with E-state index in [2.05, 4.69) is 10.5 Å². The lowest BCUT2D eigenvalue weighted by atomic mass is 10.1. The van der Waals surface area contributed by atoms with Crippen molar-refractivity contribution in [2.75, 3.05) is 7.11 Å². The first kappa shape index (κ1) is 26.1. The number of halogens is 2. The van der Waals surface area contributed by atoms with Gasteiger partial charge in [-0.3, -0.25) is 4.79 Å². The fourth-order valence-electron chi connectivity index (χ4n) is 2.99. The first-order valence-electron chi connectivity index (χ1n) is 10.7. The highest BCUT2D eigenvalue weighted by molar-refractivity contribution is 6.35. The Labute approximate surface area is 213 Å². The molecule has 182 valence electrons. The van der Waals surface area contributed by atoms with Crippen LogP contribution in [0.4, 0.5) is 0 Å². The minimum atomic E-state index is -0.802. The zero-order valence-corrected chi connectivity index (χ0v) is 20.9. The number of rotatable bonds is 9. The molecule has 0 saturated heterocycles. The van der Waals surface area contributed by atoms with E-state index < -0.39 is 18.0 Å². The number of carbonyl (C=O) groups is 2. The molecule has 0 aliphatic heterocycles. The summed E-state index contributed by atoms with van der Waals surface area (Å²) in [5, 5.41) is 4.76. The number of amides is 1. The minimum Gasteiger partial charge on any atom is -0.493 e. The van der Waals surface area contributed by atoms with Crippen molar-refractivity contribution in [1.29, 1.82) is 0 Å². The molecule has 1 amide bonds. The van der Waals surface area contributed by atoms with Crippen LogP contribution < -0.4 is 19.6 Å². The van der Waals surface area contributed by atoms with E-state index in [9.17, 15) is 9.59 Å². The normalized spacial score (nSPS) is 11.7. The molecule has 1 N–H and O–H groups in total. The fraction of sp³-hybridized carbons (Fsp3) is 0.192. The van der Waals surface area contributed by atoms with Crippen molar-refractivity contribution in [2.24, 2.45) is 5.10 Å². The first-order chi connectivity index (χ1) is 16.8. The standard InChI is InChI=1S/C26H24Cl2N2O5/c1-4-21(34-22-12-10-19(27)14-20(22)28)25(31)30-29-15-17-7-11-23(24(13-17)33-3)35-26(32)18-8-5-16(2)6-9-18/h5-15,21H,4H2,1-3H3,(H,30,31)/b29-15-/t21-/m1/s1. The molecule has 7 nitrogen and oxygen atoms in total. The van der Waals surface area contributed by atoms with Gasteiger partial charge in [0.05, 0.1) is 23.9 Å². The van der Waals surface area contributed by atoms with Crippen LogP contribution in [0.2, 0.25) is 10.0 Å². The van der Waals surface area contributed by atoms with Gasteiger partial charge in [0.1, 0.15) is 5.75 Å². The van der Waals surface area contributed by atoms with Crippen LogP contribution in [0.15, 0.2) is 65.8 Å². The largest absolute Gasteiger partial charge is 0.493 e. The molecule has 0 saturated carbocycles. The summed E-state index contributed by atoms with van der Waals surface area (Å²) in [5.41, 5.74) is 4.54. The number of hydrazone groups is 1. The molecule has 0 fully saturated rings. The van der Waals surface area contributed by atoms with Gasteiger partial charge in [-0.05, 0) is 67.4 Å². The Morgan fingerprint density at radius 3 is 2.37 bits per heavy atom. The Morgan fingerprint density at radius 2 is 1.71 bits per heavy atom. The number of aryl methyl sites for hydroxylation is 1. The molecule has 9 heteroatoms. The monoisotopic (exact) mass is 514 g/mol. The topological polar surface area (TPSA) is 86.2 Å². The van der Waals surface area contributed by atoms with Gasteiger partial charge in [0.2, 0.25) is 0 Å². The number of carbonyl (C=O) groups excluding carboxylic acids is 2. The lowest BCUT2D eigenvalue weighted by Gasteiger charge is -2.16. The highest BCUT2D eigenvalue weighted by Crippen LogP contribution is 2.29. The van der Waals surface area contributed by atoms with Gasteiger partial charge in [-0.25, -0.2) is 10.2 Å². The van der Waals surface area contributed by atoms with Crippen molar-refractivity contribution >= 4 is 41.3 Å². The third-order valence-corrected chi connectivity index (χ3v) is 5.42. The molecule has 0 unspecified atom stereocenters. The molecule has 3 aromatic rings. The summed E-state index contributed by atoms with van der Waals surface area (Å²) in [5.74, 6) is 0.0164. The molecule has 0 heterocycles. The average Bonchev–Trinajstić information content (AvgIpc) is 2.84. The molecule has 0 aliphatic carbocycles. The Hall–Kier alpha value is -3.55. The minimum absolute atomic E-state index is 0.263.